The highest BCUT2D eigenvalue weighted by Gasteiger charge is 2.34. The lowest BCUT2D eigenvalue weighted by molar-refractivity contribution is -0.138. The second kappa shape index (κ2) is 10.5. The number of hydrogen-bond acceptors (Lipinski definition) is 3. The van der Waals surface area contributed by atoms with Crippen molar-refractivity contribution in [3.63, 3.8) is 0 Å². The summed E-state index contributed by atoms with van der Waals surface area (Å²) in [5, 5.41) is 3.66. The van der Waals surface area contributed by atoms with Gasteiger partial charge in [0.1, 0.15) is 0 Å². The molecule has 0 bridgehead atoms. The summed E-state index contributed by atoms with van der Waals surface area (Å²) in [7, 11) is 0. The molecule has 1 aromatic heterocycles. The van der Waals surface area contributed by atoms with Crippen LogP contribution in [0.15, 0.2) is 72.9 Å². The maximum atomic E-state index is 13.1. The highest BCUT2D eigenvalue weighted by molar-refractivity contribution is 6.30. The standard InChI is InChI=1S/C26H26ClF3N2O2/c1-17(22(19-7-5-4-6-8-19)15-18-9-12-21(27)13-10-18)32-24(33)25(2,3)34-23-14-11-20(16-31-23)26(28,29)30/h4-14,16-17,22H,15H2,1-3H3,(H,32,33). The minimum absolute atomic E-state index is 0.0358. The predicted molar refractivity (Wildman–Crippen MR) is 126 cm³/mol. The Morgan fingerprint density at radius 3 is 2.24 bits per heavy atom. The lowest BCUT2D eigenvalue weighted by Gasteiger charge is -2.30. The number of nitrogens with zero attached hydrogens (tertiary/aromatic N) is 1. The Morgan fingerprint density at radius 1 is 1.03 bits per heavy atom. The second-order valence-corrected chi connectivity index (χ2v) is 9.04. The fraction of sp³-hybridized carbons (Fsp3) is 0.308. The van der Waals surface area contributed by atoms with E-state index in [0.29, 0.717) is 17.6 Å². The number of benzene rings is 2. The average Bonchev–Trinajstić information content (AvgIpc) is 2.78. The average molecular weight is 491 g/mol. The van der Waals surface area contributed by atoms with Crippen LogP contribution in [0.5, 0.6) is 5.88 Å². The number of amides is 1. The highest BCUT2D eigenvalue weighted by Crippen LogP contribution is 2.30. The maximum absolute atomic E-state index is 13.1. The minimum atomic E-state index is -4.50. The molecular weight excluding hydrogens is 465 g/mol. The van der Waals surface area contributed by atoms with E-state index in [-0.39, 0.29) is 17.8 Å². The van der Waals surface area contributed by atoms with Crippen LogP contribution in [0.3, 0.4) is 0 Å². The van der Waals surface area contributed by atoms with Gasteiger partial charge in [0.15, 0.2) is 5.60 Å². The van der Waals surface area contributed by atoms with Crippen LogP contribution in [0.25, 0.3) is 0 Å². The van der Waals surface area contributed by atoms with Crippen molar-refractivity contribution < 1.29 is 22.7 Å². The Morgan fingerprint density at radius 2 is 1.68 bits per heavy atom. The molecule has 8 heteroatoms. The molecule has 0 aliphatic carbocycles. The van der Waals surface area contributed by atoms with Crippen LogP contribution in [-0.2, 0) is 17.4 Å². The molecule has 2 aromatic carbocycles. The summed E-state index contributed by atoms with van der Waals surface area (Å²) in [5.41, 5.74) is -0.108. The zero-order valence-corrected chi connectivity index (χ0v) is 19.8. The topological polar surface area (TPSA) is 51.2 Å². The van der Waals surface area contributed by atoms with Gasteiger partial charge in [-0.25, -0.2) is 4.98 Å². The van der Waals surface area contributed by atoms with Gasteiger partial charge in [-0.2, -0.15) is 13.2 Å². The lowest BCUT2D eigenvalue weighted by atomic mass is 9.86. The van der Waals surface area contributed by atoms with E-state index in [1.165, 1.54) is 0 Å². The van der Waals surface area contributed by atoms with Gasteiger partial charge in [-0.3, -0.25) is 4.79 Å². The third kappa shape index (κ3) is 6.73. The molecule has 180 valence electrons. The Labute approximate surface area is 202 Å². The van der Waals surface area contributed by atoms with Crippen molar-refractivity contribution >= 4 is 17.5 Å². The third-order valence-corrected chi connectivity index (χ3v) is 5.78. The van der Waals surface area contributed by atoms with Gasteiger partial charge in [-0.15, -0.1) is 0 Å². The van der Waals surface area contributed by atoms with Gasteiger partial charge in [0.05, 0.1) is 5.56 Å². The SMILES string of the molecule is CC(NC(=O)C(C)(C)Oc1ccc(C(F)(F)F)cn1)C(Cc1ccc(Cl)cc1)c1ccccc1. The van der Waals surface area contributed by atoms with Gasteiger partial charge < -0.3 is 10.1 Å². The molecule has 1 N–H and O–H groups in total. The van der Waals surface area contributed by atoms with E-state index in [9.17, 15) is 18.0 Å². The fourth-order valence-electron chi connectivity index (χ4n) is 3.56. The fourth-order valence-corrected chi connectivity index (χ4v) is 3.68. The van der Waals surface area contributed by atoms with E-state index in [2.05, 4.69) is 10.3 Å². The zero-order valence-electron chi connectivity index (χ0n) is 19.1. The molecule has 0 saturated carbocycles. The van der Waals surface area contributed by atoms with E-state index >= 15 is 0 Å². The molecule has 34 heavy (non-hydrogen) atoms. The largest absolute Gasteiger partial charge is 0.462 e. The number of rotatable bonds is 8. The number of alkyl halides is 3. The van der Waals surface area contributed by atoms with E-state index in [4.69, 9.17) is 16.3 Å². The number of hydrogen-bond donors (Lipinski definition) is 1. The Kier molecular flexibility index (Phi) is 7.87. The third-order valence-electron chi connectivity index (χ3n) is 5.53. The van der Waals surface area contributed by atoms with Gasteiger partial charge in [0.2, 0.25) is 5.88 Å². The summed E-state index contributed by atoms with van der Waals surface area (Å²) in [6.45, 7) is 5.01. The summed E-state index contributed by atoms with van der Waals surface area (Å²) >= 11 is 6.01. The quantitative estimate of drug-likeness (QED) is 0.395. The highest BCUT2D eigenvalue weighted by atomic mass is 35.5. The molecule has 2 unspecified atom stereocenters. The Hall–Kier alpha value is -3.06. The first kappa shape index (κ1) is 25.6. The normalized spacial score (nSPS) is 13.7. The molecule has 3 rings (SSSR count). The number of carbonyl (C=O) groups excluding carboxylic acids is 1. The van der Waals surface area contributed by atoms with Crippen molar-refractivity contribution in [3.05, 3.63) is 94.6 Å². The van der Waals surface area contributed by atoms with Crippen LogP contribution in [-0.4, -0.2) is 22.5 Å². The zero-order chi connectivity index (χ0) is 24.9. The molecule has 0 saturated heterocycles. The van der Waals surface area contributed by atoms with E-state index < -0.39 is 23.2 Å². The predicted octanol–water partition coefficient (Wildman–Crippen LogP) is 6.44. The molecular formula is C26H26ClF3N2O2. The summed E-state index contributed by atoms with van der Waals surface area (Å²) in [6, 6.07) is 19.1. The number of aromatic nitrogens is 1. The molecule has 1 amide bonds. The summed E-state index contributed by atoms with van der Waals surface area (Å²) in [5.74, 6) is -0.508. The van der Waals surface area contributed by atoms with Gasteiger partial charge in [0.25, 0.3) is 5.91 Å². The smallest absolute Gasteiger partial charge is 0.417 e. The van der Waals surface area contributed by atoms with Gasteiger partial charge >= 0.3 is 6.18 Å². The van der Waals surface area contributed by atoms with Crippen molar-refractivity contribution in [1.29, 1.82) is 0 Å². The van der Waals surface area contributed by atoms with E-state index in [1.54, 1.807) is 13.8 Å². The van der Waals surface area contributed by atoms with Crippen molar-refractivity contribution in [1.82, 2.24) is 10.3 Å². The van der Waals surface area contributed by atoms with Crippen molar-refractivity contribution in [2.45, 2.75) is 50.9 Å². The molecule has 4 nitrogen and oxygen atoms in total. The molecule has 0 radical (unpaired) electrons. The first-order valence-corrected chi connectivity index (χ1v) is 11.2. The monoisotopic (exact) mass is 490 g/mol. The number of pyridine rings is 1. The van der Waals surface area contributed by atoms with Crippen LogP contribution in [0.2, 0.25) is 5.02 Å². The molecule has 0 aliphatic heterocycles. The van der Waals surface area contributed by atoms with Crippen LogP contribution in [0.4, 0.5) is 13.2 Å². The van der Waals surface area contributed by atoms with Crippen LogP contribution in [0.1, 0.15) is 43.4 Å². The van der Waals surface area contributed by atoms with Gasteiger partial charge in [-0.05, 0) is 56.5 Å². The minimum Gasteiger partial charge on any atom is -0.462 e. The molecule has 0 fully saturated rings. The molecule has 2 atom stereocenters. The first-order valence-electron chi connectivity index (χ1n) is 10.8. The molecule has 0 spiro atoms. The summed E-state index contributed by atoms with van der Waals surface area (Å²) < 4.78 is 44.0. The van der Waals surface area contributed by atoms with Crippen molar-refractivity contribution in [3.8, 4) is 5.88 Å². The molecule has 1 heterocycles. The van der Waals surface area contributed by atoms with E-state index in [0.717, 1.165) is 23.3 Å². The lowest BCUT2D eigenvalue weighted by Crippen LogP contribution is -2.51. The second-order valence-electron chi connectivity index (χ2n) is 8.61. The van der Waals surface area contributed by atoms with Crippen LogP contribution >= 0.6 is 11.6 Å². The number of halogens is 4. The van der Waals surface area contributed by atoms with Crippen LogP contribution < -0.4 is 10.1 Å². The summed E-state index contributed by atoms with van der Waals surface area (Å²) in [4.78, 5) is 16.8. The van der Waals surface area contributed by atoms with Crippen LogP contribution in [0, 0.1) is 0 Å². The Balaban J connectivity index is 1.73. The van der Waals surface area contributed by atoms with Gasteiger partial charge in [0, 0.05) is 29.2 Å². The van der Waals surface area contributed by atoms with Gasteiger partial charge in [-0.1, -0.05) is 54.1 Å². The number of nitrogens with one attached hydrogen (secondary N) is 1. The first-order chi connectivity index (χ1) is 16.0. The summed E-state index contributed by atoms with van der Waals surface area (Å²) in [6.07, 6.45) is -3.14. The van der Waals surface area contributed by atoms with Crippen molar-refractivity contribution in [2.75, 3.05) is 0 Å². The molecule has 3 aromatic rings. The Bertz CT molecular complexity index is 1090. The van der Waals surface area contributed by atoms with Crippen molar-refractivity contribution in [2.24, 2.45) is 0 Å². The molecule has 0 aliphatic rings. The maximum Gasteiger partial charge on any atom is 0.417 e. The number of carbonyl (C=O) groups is 1. The number of ether oxygens (including phenoxy) is 1. The van der Waals surface area contributed by atoms with E-state index in [1.807, 2.05) is 61.5 Å².